The molecule has 0 bridgehead atoms. The van der Waals surface area contributed by atoms with Gasteiger partial charge in [-0.3, -0.25) is 4.79 Å². The molecule has 0 atom stereocenters. The van der Waals surface area contributed by atoms with Crippen LogP contribution in [0.4, 0.5) is 8.78 Å². The molecule has 0 aromatic heterocycles. The van der Waals surface area contributed by atoms with Crippen LogP contribution in [0.25, 0.3) is 0 Å². The summed E-state index contributed by atoms with van der Waals surface area (Å²) in [5.41, 5.74) is -0.0470. The van der Waals surface area contributed by atoms with Crippen LogP contribution in [-0.2, 0) is 0 Å². The maximum Gasteiger partial charge on any atom is 0.196 e. The fourth-order valence-corrected chi connectivity index (χ4v) is 2.15. The van der Waals surface area contributed by atoms with Crippen molar-refractivity contribution >= 4 is 21.7 Å². The van der Waals surface area contributed by atoms with Crippen LogP contribution in [0.15, 0.2) is 40.9 Å². The predicted molar refractivity (Wildman–Crippen MR) is 70.5 cm³/mol. The van der Waals surface area contributed by atoms with Crippen molar-refractivity contribution in [2.45, 2.75) is 0 Å². The van der Waals surface area contributed by atoms with Crippen LogP contribution >= 0.6 is 15.9 Å². The maximum absolute atomic E-state index is 13.8. The number of hydrogen-bond donors (Lipinski definition) is 0. The molecule has 0 N–H and O–H groups in total. The molecular formula is C14H9BrF2O2. The van der Waals surface area contributed by atoms with Gasteiger partial charge in [-0.05, 0) is 34.1 Å². The first kappa shape index (κ1) is 13.7. The van der Waals surface area contributed by atoms with Crippen LogP contribution in [0.1, 0.15) is 15.9 Å². The number of carbonyl (C=O) groups is 1. The number of rotatable bonds is 3. The number of benzene rings is 2. The van der Waals surface area contributed by atoms with E-state index in [-0.39, 0.29) is 16.9 Å². The summed E-state index contributed by atoms with van der Waals surface area (Å²) in [4.78, 5) is 12.1. The standard InChI is InChI=1S/C14H9BrF2O2/c1-19-13-7-12(17)10(6-11(13)15)14(18)8-3-2-4-9(16)5-8/h2-7H,1H3. The first-order valence-corrected chi connectivity index (χ1v) is 6.15. The normalized spacial score (nSPS) is 10.3. The van der Waals surface area contributed by atoms with Gasteiger partial charge in [-0.2, -0.15) is 0 Å². The number of carbonyl (C=O) groups excluding carboxylic acids is 1. The fourth-order valence-electron chi connectivity index (χ4n) is 1.64. The SMILES string of the molecule is COc1cc(F)c(C(=O)c2cccc(F)c2)cc1Br. The zero-order valence-corrected chi connectivity index (χ0v) is 11.5. The van der Waals surface area contributed by atoms with E-state index in [1.54, 1.807) is 0 Å². The first-order chi connectivity index (χ1) is 9.02. The van der Waals surface area contributed by atoms with Gasteiger partial charge in [0.2, 0.25) is 0 Å². The lowest BCUT2D eigenvalue weighted by molar-refractivity contribution is 0.103. The molecule has 0 spiro atoms. The molecule has 2 aromatic carbocycles. The second kappa shape index (κ2) is 5.48. The van der Waals surface area contributed by atoms with Gasteiger partial charge in [-0.15, -0.1) is 0 Å². The Morgan fingerprint density at radius 1 is 1.21 bits per heavy atom. The van der Waals surface area contributed by atoms with Gasteiger partial charge in [0, 0.05) is 11.6 Å². The number of methoxy groups -OCH3 is 1. The van der Waals surface area contributed by atoms with Gasteiger partial charge < -0.3 is 4.74 Å². The molecule has 0 amide bonds. The third kappa shape index (κ3) is 2.81. The van der Waals surface area contributed by atoms with Crippen LogP contribution < -0.4 is 4.74 Å². The van der Waals surface area contributed by atoms with Crippen LogP contribution in [0.5, 0.6) is 5.75 Å². The van der Waals surface area contributed by atoms with Gasteiger partial charge >= 0.3 is 0 Å². The highest BCUT2D eigenvalue weighted by Crippen LogP contribution is 2.29. The van der Waals surface area contributed by atoms with Crippen molar-refractivity contribution in [3.8, 4) is 5.75 Å². The van der Waals surface area contributed by atoms with Crippen molar-refractivity contribution in [1.29, 1.82) is 0 Å². The van der Waals surface area contributed by atoms with Crippen molar-refractivity contribution in [3.63, 3.8) is 0 Å². The van der Waals surface area contributed by atoms with E-state index in [1.807, 2.05) is 0 Å². The van der Waals surface area contributed by atoms with E-state index < -0.39 is 17.4 Å². The smallest absolute Gasteiger partial charge is 0.196 e. The second-order valence-corrected chi connectivity index (χ2v) is 4.66. The van der Waals surface area contributed by atoms with Crippen molar-refractivity contribution < 1.29 is 18.3 Å². The molecule has 0 heterocycles. The maximum atomic E-state index is 13.8. The summed E-state index contributed by atoms with van der Waals surface area (Å²) in [5.74, 6) is -1.55. The molecule has 0 fully saturated rings. The Balaban J connectivity index is 2.47. The van der Waals surface area contributed by atoms with Gasteiger partial charge in [0.15, 0.2) is 5.78 Å². The number of ether oxygens (including phenoxy) is 1. The molecule has 0 aliphatic heterocycles. The van der Waals surface area contributed by atoms with Crippen molar-refractivity contribution in [1.82, 2.24) is 0 Å². The van der Waals surface area contributed by atoms with Crippen molar-refractivity contribution in [3.05, 3.63) is 63.6 Å². The summed E-state index contributed by atoms with van der Waals surface area (Å²) in [6.45, 7) is 0. The lowest BCUT2D eigenvalue weighted by atomic mass is 10.0. The first-order valence-electron chi connectivity index (χ1n) is 5.36. The van der Waals surface area contributed by atoms with Crippen LogP contribution in [0.2, 0.25) is 0 Å². The fraction of sp³-hybridized carbons (Fsp3) is 0.0714. The minimum absolute atomic E-state index is 0.0935. The lowest BCUT2D eigenvalue weighted by Crippen LogP contribution is -2.05. The van der Waals surface area contributed by atoms with Crippen LogP contribution in [-0.4, -0.2) is 12.9 Å². The second-order valence-electron chi connectivity index (χ2n) is 3.81. The third-order valence-corrected chi connectivity index (χ3v) is 3.19. The van der Waals surface area contributed by atoms with Gasteiger partial charge in [-0.25, -0.2) is 8.78 Å². The Bertz CT molecular complexity index is 641. The number of ketones is 1. The van der Waals surface area contributed by atoms with Gasteiger partial charge in [-0.1, -0.05) is 12.1 Å². The zero-order chi connectivity index (χ0) is 14.0. The van der Waals surface area contributed by atoms with Gasteiger partial charge in [0.05, 0.1) is 17.1 Å². The van der Waals surface area contributed by atoms with E-state index >= 15 is 0 Å². The number of halogens is 3. The Hall–Kier alpha value is -1.75. The summed E-state index contributed by atoms with van der Waals surface area (Å²) >= 11 is 3.18. The summed E-state index contributed by atoms with van der Waals surface area (Å²) < 4.78 is 32.3. The largest absolute Gasteiger partial charge is 0.495 e. The molecule has 0 aliphatic carbocycles. The monoisotopic (exact) mass is 326 g/mol. The Morgan fingerprint density at radius 2 is 1.95 bits per heavy atom. The molecule has 2 rings (SSSR count). The Kier molecular flexibility index (Phi) is 3.95. The minimum atomic E-state index is -0.714. The molecule has 19 heavy (non-hydrogen) atoms. The quantitative estimate of drug-likeness (QED) is 0.798. The highest BCUT2D eigenvalue weighted by atomic mass is 79.9. The van der Waals surface area contributed by atoms with E-state index in [2.05, 4.69) is 15.9 Å². The summed E-state index contributed by atoms with van der Waals surface area (Å²) in [5, 5.41) is 0. The number of hydrogen-bond acceptors (Lipinski definition) is 2. The zero-order valence-electron chi connectivity index (χ0n) is 9.91. The molecule has 2 aromatic rings. The minimum Gasteiger partial charge on any atom is -0.495 e. The summed E-state index contributed by atoms with van der Waals surface area (Å²) in [6, 6.07) is 7.55. The average molecular weight is 327 g/mol. The van der Waals surface area contributed by atoms with Crippen molar-refractivity contribution in [2.75, 3.05) is 7.11 Å². The highest BCUT2D eigenvalue weighted by Gasteiger charge is 2.17. The molecule has 5 heteroatoms. The predicted octanol–water partition coefficient (Wildman–Crippen LogP) is 3.97. The van der Waals surface area contributed by atoms with Crippen LogP contribution in [0, 0.1) is 11.6 Å². The molecule has 0 saturated heterocycles. The Labute approximate surface area is 117 Å². The lowest BCUT2D eigenvalue weighted by Gasteiger charge is -2.07. The van der Waals surface area contributed by atoms with Gasteiger partial charge in [0.25, 0.3) is 0 Å². The molecule has 0 radical (unpaired) electrons. The van der Waals surface area contributed by atoms with Gasteiger partial charge in [0.1, 0.15) is 17.4 Å². The molecule has 0 saturated carbocycles. The highest BCUT2D eigenvalue weighted by molar-refractivity contribution is 9.10. The van der Waals surface area contributed by atoms with Crippen LogP contribution in [0.3, 0.4) is 0 Å². The molecule has 0 aliphatic rings. The third-order valence-electron chi connectivity index (χ3n) is 2.57. The van der Waals surface area contributed by atoms with E-state index in [0.717, 1.165) is 12.1 Å². The van der Waals surface area contributed by atoms with E-state index in [4.69, 9.17) is 4.74 Å². The molecule has 0 unspecified atom stereocenters. The van der Waals surface area contributed by atoms with Crippen molar-refractivity contribution in [2.24, 2.45) is 0 Å². The molecular weight excluding hydrogens is 318 g/mol. The topological polar surface area (TPSA) is 26.3 Å². The summed E-state index contributed by atoms with van der Waals surface area (Å²) in [6.07, 6.45) is 0. The average Bonchev–Trinajstić information content (AvgIpc) is 2.40. The van der Waals surface area contributed by atoms with E-state index in [1.165, 1.54) is 31.4 Å². The summed E-state index contributed by atoms with van der Waals surface area (Å²) in [7, 11) is 1.40. The van der Waals surface area contributed by atoms with E-state index in [0.29, 0.717) is 4.47 Å². The molecule has 2 nitrogen and oxygen atoms in total. The Morgan fingerprint density at radius 3 is 2.58 bits per heavy atom. The van der Waals surface area contributed by atoms with E-state index in [9.17, 15) is 13.6 Å². The molecule has 98 valence electrons.